The van der Waals surface area contributed by atoms with Crippen molar-refractivity contribution in [2.24, 2.45) is 5.92 Å². The van der Waals surface area contributed by atoms with Crippen LogP contribution in [-0.2, 0) is 30.3 Å². The summed E-state index contributed by atoms with van der Waals surface area (Å²) in [6.07, 6.45) is 3.31. The van der Waals surface area contributed by atoms with Gasteiger partial charge in [0.25, 0.3) is 0 Å². The Hall–Kier alpha value is -3.16. The lowest BCUT2D eigenvalue weighted by atomic mass is 9.95. The molecular formula is C26H35N3O5. The second-order valence-electron chi connectivity index (χ2n) is 9.33. The lowest BCUT2D eigenvalue weighted by molar-refractivity contribution is -0.160. The van der Waals surface area contributed by atoms with Crippen LogP contribution in [0.5, 0.6) is 0 Å². The van der Waals surface area contributed by atoms with Gasteiger partial charge in [-0.1, -0.05) is 50.8 Å². The Morgan fingerprint density at radius 2 is 1.82 bits per heavy atom. The number of benzene rings is 1. The Balaban J connectivity index is 1.94. The zero-order chi connectivity index (χ0) is 24.8. The van der Waals surface area contributed by atoms with Gasteiger partial charge in [0.2, 0.25) is 17.7 Å². The van der Waals surface area contributed by atoms with E-state index in [1.165, 1.54) is 13.2 Å². The first-order chi connectivity index (χ1) is 16.3. The van der Waals surface area contributed by atoms with Crippen LogP contribution in [0.4, 0.5) is 0 Å². The molecule has 0 unspecified atom stereocenters. The zero-order valence-corrected chi connectivity index (χ0v) is 20.3. The number of ether oxygens (including phenoxy) is 1. The predicted molar refractivity (Wildman–Crippen MR) is 128 cm³/mol. The number of methoxy groups -OCH3 is 1. The van der Waals surface area contributed by atoms with E-state index in [0.29, 0.717) is 38.8 Å². The number of amides is 3. The van der Waals surface area contributed by atoms with Gasteiger partial charge >= 0.3 is 5.97 Å². The highest BCUT2D eigenvalue weighted by Crippen LogP contribution is 2.26. The molecule has 0 saturated carbocycles. The maximum absolute atomic E-state index is 13.9. The molecule has 2 fully saturated rings. The SMILES string of the molecule is C=CC(=O)N1CCN([C@@H](Cc2ccccc2)C(=O)N2CCC[C@H]2C(=O)OC)C(=O)[C@@H]1CC(C)C. The molecule has 0 spiro atoms. The van der Waals surface area contributed by atoms with Crippen LogP contribution in [0.2, 0.25) is 0 Å². The van der Waals surface area contributed by atoms with Crippen LogP contribution in [0, 0.1) is 5.92 Å². The molecule has 34 heavy (non-hydrogen) atoms. The first-order valence-corrected chi connectivity index (χ1v) is 11.9. The van der Waals surface area contributed by atoms with E-state index in [2.05, 4.69) is 6.58 Å². The van der Waals surface area contributed by atoms with Crippen molar-refractivity contribution in [2.75, 3.05) is 26.7 Å². The number of nitrogens with zero attached hydrogens (tertiary/aromatic N) is 3. The van der Waals surface area contributed by atoms with Crippen molar-refractivity contribution in [1.82, 2.24) is 14.7 Å². The van der Waals surface area contributed by atoms with Crippen molar-refractivity contribution < 1.29 is 23.9 Å². The molecule has 3 atom stereocenters. The topological polar surface area (TPSA) is 87.2 Å². The number of hydrogen-bond donors (Lipinski definition) is 0. The van der Waals surface area contributed by atoms with Crippen molar-refractivity contribution >= 4 is 23.7 Å². The summed E-state index contributed by atoms with van der Waals surface area (Å²) in [6.45, 7) is 8.59. The molecule has 3 rings (SSSR count). The van der Waals surface area contributed by atoms with Crippen LogP contribution in [0.3, 0.4) is 0 Å². The van der Waals surface area contributed by atoms with Gasteiger partial charge < -0.3 is 19.4 Å². The van der Waals surface area contributed by atoms with E-state index in [1.807, 2.05) is 44.2 Å². The van der Waals surface area contributed by atoms with Crippen molar-refractivity contribution in [3.63, 3.8) is 0 Å². The fraction of sp³-hybridized carbons (Fsp3) is 0.538. The van der Waals surface area contributed by atoms with E-state index in [9.17, 15) is 19.2 Å². The first-order valence-electron chi connectivity index (χ1n) is 11.9. The Bertz CT molecular complexity index is 916. The molecule has 2 heterocycles. The lowest BCUT2D eigenvalue weighted by Crippen LogP contribution is -2.64. The first kappa shape index (κ1) is 25.5. The van der Waals surface area contributed by atoms with Crippen molar-refractivity contribution in [3.8, 4) is 0 Å². The normalized spacial score (nSPS) is 21.5. The monoisotopic (exact) mass is 469 g/mol. The van der Waals surface area contributed by atoms with Gasteiger partial charge in [0.1, 0.15) is 18.1 Å². The summed E-state index contributed by atoms with van der Waals surface area (Å²) < 4.78 is 4.93. The summed E-state index contributed by atoms with van der Waals surface area (Å²) in [5, 5.41) is 0. The van der Waals surface area contributed by atoms with Crippen molar-refractivity contribution in [2.45, 2.75) is 57.7 Å². The third-order valence-corrected chi connectivity index (χ3v) is 6.62. The molecule has 8 heteroatoms. The fourth-order valence-electron chi connectivity index (χ4n) is 4.94. The molecule has 0 radical (unpaired) electrons. The Kier molecular flexibility index (Phi) is 8.47. The molecule has 8 nitrogen and oxygen atoms in total. The molecule has 0 N–H and O–H groups in total. The van der Waals surface area contributed by atoms with Crippen LogP contribution in [0.1, 0.15) is 38.7 Å². The quantitative estimate of drug-likeness (QED) is 0.430. The molecule has 0 bridgehead atoms. The molecule has 2 saturated heterocycles. The molecule has 0 aliphatic carbocycles. The summed E-state index contributed by atoms with van der Waals surface area (Å²) in [6, 6.07) is 7.49. The van der Waals surface area contributed by atoms with E-state index in [-0.39, 0.29) is 30.2 Å². The third-order valence-electron chi connectivity index (χ3n) is 6.62. The molecular weight excluding hydrogens is 434 g/mol. The average Bonchev–Trinajstić information content (AvgIpc) is 3.33. The number of esters is 1. The molecule has 184 valence electrons. The maximum atomic E-state index is 13.9. The van der Waals surface area contributed by atoms with Gasteiger partial charge in [-0.2, -0.15) is 0 Å². The van der Waals surface area contributed by atoms with Gasteiger partial charge in [-0.25, -0.2) is 4.79 Å². The zero-order valence-electron chi connectivity index (χ0n) is 20.3. The lowest BCUT2D eigenvalue weighted by Gasteiger charge is -2.44. The van der Waals surface area contributed by atoms with Crippen molar-refractivity contribution in [3.05, 3.63) is 48.6 Å². The number of hydrogen-bond acceptors (Lipinski definition) is 5. The largest absolute Gasteiger partial charge is 0.467 e. The van der Waals surface area contributed by atoms with Crippen LogP contribution in [-0.4, -0.2) is 83.3 Å². The standard InChI is InChI=1S/C26H35N3O5/c1-5-23(30)27-14-15-29(24(31)21(27)16-18(2)3)22(17-19-10-7-6-8-11-19)25(32)28-13-9-12-20(28)26(33)34-4/h5-8,10-11,18,20-22H,1,9,12-17H2,2-4H3/t20-,21-,22-/m0/s1. The highest BCUT2D eigenvalue weighted by molar-refractivity contribution is 5.96. The minimum absolute atomic E-state index is 0.180. The molecule has 2 aliphatic heterocycles. The van der Waals surface area contributed by atoms with Gasteiger partial charge in [-0.05, 0) is 36.8 Å². The van der Waals surface area contributed by atoms with Gasteiger partial charge in [-0.15, -0.1) is 0 Å². The van der Waals surface area contributed by atoms with Crippen LogP contribution in [0.15, 0.2) is 43.0 Å². The average molecular weight is 470 g/mol. The molecule has 1 aromatic rings. The van der Waals surface area contributed by atoms with Crippen LogP contribution >= 0.6 is 0 Å². The van der Waals surface area contributed by atoms with E-state index in [1.54, 1.807) is 14.7 Å². The summed E-state index contributed by atoms with van der Waals surface area (Å²) in [7, 11) is 1.32. The van der Waals surface area contributed by atoms with Gasteiger partial charge in [0.05, 0.1) is 7.11 Å². The highest BCUT2D eigenvalue weighted by Gasteiger charge is 2.45. The summed E-state index contributed by atoms with van der Waals surface area (Å²) in [5.41, 5.74) is 0.924. The Labute approximate surface area is 201 Å². The number of carbonyl (C=O) groups is 4. The summed E-state index contributed by atoms with van der Waals surface area (Å²) in [4.78, 5) is 57.1. The maximum Gasteiger partial charge on any atom is 0.328 e. The van der Waals surface area contributed by atoms with E-state index in [4.69, 9.17) is 4.74 Å². The second kappa shape index (κ2) is 11.3. The summed E-state index contributed by atoms with van der Waals surface area (Å²) >= 11 is 0. The van der Waals surface area contributed by atoms with Gasteiger partial charge in [-0.3, -0.25) is 14.4 Å². The number of rotatable bonds is 8. The minimum atomic E-state index is -0.768. The highest BCUT2D eigenvalue weighted by atomic mass is 16.5. The molecule has 0 aromatic heterocycles. The number of piperazine rings is 1. The van der Waals surface area contributed by atoms with Gasteiger partial charge in [0, 0.05) is 26.1 Å². The number of likely N-dealkylation sites (tertiary alicyclic amines) is 1. The third kappa shape index (κ3) is 5.48. The molecule has 3 amide bonds. The molecule has 2 aliphatic rings. The fourth-order valence-corrected chi connectivity index (χ4v) is 4.94. The second-order valence-corrected chi connectivity index (χ2v) is 9.33. The van der Waals surface area contributed by atoms with E-state index < -0.39 is 24.1 Å². The van der Waals surface area contributed by atoms with E-state index >= 15 is 0 Å². The number of carbonyl (C=O) groups excluding carboxylic acids is 4. The minimum Gasteiger partial charge on any atom is -0.467 e. The predicted octanol–water partition coefficient (Wildman–Crippen LogP) is 2.03. The smallest absolute Gasteiger partial charge is 0.328 e. The Morgan fingerprint density at radius 1 is 1.12 bits per heavy atom. The molecule has 1 aromatic carbocycles. The van der Waals surface area contributed by atoms with Crippen LogP contribution in [0.25, 0.3) is 0 Å². The Morgan fingerprint density at radius 3 is 2.44 bits per heavy atom. The summed E-state index contributed by atoms with van der Waals surface area (Å²) in [5.74, 6) is -1.03. The van der Waals surface area contributed by atoms with Crippen LogP contribution < -0.4 is 0 Å². The van der Waals surface area contributed by atoms with E-state index in [0.717, 1.165) is 5.56 Å². The van der Waals surface area contributed by atoms with Crippen molar-refractivity contribution in [1.29, 1.82) is 0 Å². The van der Waals surface area contributed by atoms with Gasteiger partial charge in [0.15, 0.2) is 0 Å².